The summed E-state index contributed by atoms with van der Waals surface area (Å²) in [6.45, 7) is 6.33. The maximum atomic E-state index is 13.6. The molecular formula is C26H26N4O5. The number of nitrogens with zero attached hydrogens (tertiary/aromatic N) is 4. The highest BCUT2D eigenvalue weighted by atomic mass is 16.6. The first-order valence-corrected chi connectivity index (χ1v) is 11.3. The molecule has 1 aliphatic rings. The van der Waals surface area contributed by atoms with Crippen molar-refractivity contribution >= 4 is 16.6 Å². The van der Waals surface area contributed by atoms with E-state index >= 15 is 0 Å². The van der Waals surface area contributed by atoms with Gasteiger partial charge in [0.25, 0.3) is 11.2 Å². The Morgan fingerprint density at radius 3 is 2.40 bits per heavy atom. The third-order valence-corrected chi connectivity index (χ3v) is 6.77. The number of ether oxygens (including phenoxy) is 1. The second kappa shape index (κ2) is 7.78. The van der Waals surface area contributed by atoms with Gasteiger partial charge in [0.2, 0.25) is 0 Å². The normalized spacial score (nSPS) is 16.9. The first-order valence-electron chi connectivity index (χ1n) is 11.3. The number of hydrogen-bond donors (Lipinski definition) is 0. The summed E-state index contributed by atoms with van der Waals surface area (Å²) in [5.74, 6) is 0. The summed E-state index contributed by atoms with van der Waals surface area (Å²) in [6, 6.07) is 14.2. The quantitative estimate of drug-likeness (QED) is 0.332. The molecule has 3 heterocycles. The Morgan fingerprint density at radius 2 is 1.74 bits per heavy atom. The monoisotopic (exact) mass is 474 g/mol. The summed E-state index contributed by atoms with van der Waals surface area (Å²) in [6.07, 6.45) is -0.706. The molecule has 1 atom stereocenters. The molecule has 2 aromatic heterocycles. The van der Waals surface area contributed by atoms with Gasteiger partial charge in [-0.15, -0.1) is 0 Å². The molecule has 0 fully saturated rings. The fraction of sp³-hybridized carbons (Fsp3) is 0.308. The first-order chi connectivity index (χ1) is 16.5. The molecule has 0 spiro atoms. The van der Waals surface area contributed by atoms with E-state index < -0.39 is 27.8 Å². The van der Waals surface area contributed by atoms with Gasteiger partial charge >= 0.3 is 5.69 Å². The lowest BCUT2D eigenvalue weighted by Gasteiger charge is -2.39. The third-order valence-electron chi connectivity index (χ3n) is 6.77. The van der Waals surface area contributed by atoms with E-state index in [-0.39, 0.29) is 5.69 Å². The minimum atomic E-state index is -0.706. The molecule has 9 heteroatoms. The number of rotatable bonds is 3. The highest BCUT2D eigenvalue weighted by molar-refractivity contribution is 5.96. The predicted molar refractivity (Wildman–Crippen MR) is 133 cm³/mol. The van der Waals surface area contributed by atoms with Crippen LogP contribution < -0.4 is 11.2 Å². The van der Waals surface area contributed by atoms with E-state index in [4.69, 9.17) is 4.74 Å². The number of aromatic nitrogens is 3. The lowest BCUT2D eigenvalue weighted by atomic mass is 9.97. The van der Waals surface area contributed by atoms with Crippen molar-refractivity contribution in [2.45, 2.75) is 32.4 Å². The smallest absolute Gasteiger partial charge is 0.331 e. The summed E-state index contributed by atoms with van der Waals surface area (Å²) >= 11 is 0. The number of non-ortho nitro benzene ring substituents is 1. The zero-order valence-electron chi connectivity index (χ0n) is 20.2. The standard InChI is InChI=1S/C26H26N4O5/c1-15-9-11-16(12-10-15)20-19-21(27(4)25(32)28(5)24(19)31)22-23(35-14-26(2,3)29(20)22)17-7-6-8-18(13-17)30(33)34/h6-13,23H,14H2,1-5H3. The van der Waals surface area contributed by atoms with Crippen LogP contribution in [0.25, 0.3) is 22.2 Å². The average Bonchev–Trinajstić information content (AvgIpc) is 3.19. The van der Waals surface area contributed by atoms with Crippen LogP contribution >= 0.6 is 0 Å². The van der Waals surface area contributed by atoms with E-state index in [1.165, 1.54) is 23.7 Å². The van der Waals surface area contributed by atoms with Gasteiger partial charge in [0, 0.05) is 26.2 Å². The van der Waals surface area contributed by atoms with E-state index in [0.29, 0.717) is 34.5 Å². The fourth-order valence-electron chi connectivity index (χ4n) is 5.04. The van der Waals surface area contributed by atoms with Crippen LogP contribution in [0.2, 0.25) is 0 Å². The van der Waals surface area contributed by atoms with Gasteiger partial charge < -0.3 is 9.30 Å². The zero-order valence-corrected chi connectivity index (χ0v) is 20.2. The number of hydrogen-bond acceptors (Lipinski definition) is 5. The van der Waals surface area contributed by atoms with Crippen LogP contribution in [0.15, 0.2) is 58.1 Å². The molecule has 0 radical (unpaired) electrons. The average molecular weight is 475 g/mol. The van der Waals surface area contributed by atoms with Crippen molar-refractivity contribution in [1.29, 1.82) is 0 Å². The van der Waals surface area contributed by atoms with E-state index in [0.717, 1.165) is 15.7 Å². The van der Waals surface area contributed by atoms with Crippen LogP contribution in [0.1, 0.15) is 36.8 Å². The minimum absolute atomic E-state index is 0.0538. The number of fused-ring (bicyclic) bond motifs is 3. The molecule has 1 aliphatic heterocycles. The fourth-order valence-corrected chi connectivity index (χ4v) is 5.04. The Bertz CT molecular complexity index is 1620. The van der Waals surface area contributed by atoms with Crippen molar-refractivity contribution in [3.05, 3.63) is 96.3 Å². The highest BCUT2D eigenvalue weighted by Crippen LogP contribution is 2.45. The molecule has 1 unspecified atom stereocenters. The molecule has 0 amide bonds. The van der Waals surface area contributed by atoms with E-state index in [1.54, 1.807) is 19.2 Å². The molecule has 35 heavy (non-hydrogen) atoms. The van der Waals surface area contributed by atoms with Crippen molar-refractivity contribution < 1.29 is 9.66 Å². The Hall–Kier alpha value is -3.98. The van der Waals surface area contributed by atoms with Crippen LogP contribution in [0.3, 0.4) is 0 Å². The van der Waals surface area contributed by atoms with Crippen molar-refractivity contribution in [1.82, 2.24) is 13.7 Å². The largest absolute Gasteiger partial charge is 0.365 e. The first kappa shape index (κ1) is 22.8. The molecule has 0 saturated heterocycles. The van der Waals surface area contributed by atoms with Crippen LogP contribution in [0, 0.1) is 17.0 Å². The summed E-state index contributed by atoms with van der Waals surface area (Å²) in [5, 5.41) is 11.9. The molecule has 2 aromatic carbocycles. The zero-order chi connectivity index (χ0) is 25.2. The van der Waals surface area contributed by atoms with Crippen LogP contribution in [0.5, 0.6) is 0 Å². The molecule has 180 valence electrons. The SMILES string of the molecule is Cc1ccc(-c2c3c(=O)n(C)c(=O)n(C)c3c3n2C(C)(C)COC3c2cccc([N+](=O)[O-])c2)cc1. The van der Waals surface area contributed by atoms with Gasteiger partial charge in [-0.05, 0) is 31.9 Å². The Kier molecular flexibility index (Phi) is 5.06. The molecule has 0 N–H and O–H groups in total. The van der Waals surface area contributed by atoms with Gasteiger partial charge in [0.05, 0.1) is 39.4 Å². The molecule has 0 saturated carbocycles. The number of nitro benzene ring substituents is 1. The summed E-state index contributed by atoms with van der Waals surface area (Å²) < 4.78 is 11.0. The molecule has 0 bridgehead atoms. The van der Waals surface area contributed by atoms with E-state index in [9.17, 15) is 19.7 Å². The van der Waals surface area contributed by atoms with Crippen LogP contribution in [-0.2, 0) is 24.4 Å². The maximum absolute atomic E-state index is 13.6. The highest BCUT2D eigenvalue weighted by Gasteiger charge is 2.41. The third kappa shape index (κ3) is 3.34. The van der Waals surface area contributed by atoms with E-state index in [2.05, 4.69) is 4.57 Å². The lowest BCUT2D eigenvalue weighted by molar-refractivity contribution is -0.385. The van der Waals surface area contributed by atoms with Gasteiger partial charge in [0.15, 0.2) is 0 Å². The lowest BCUT2D eigenvalue weighted by Crippen LogP contribution is -2.40. The van der Waals surface area contributed by atoms with Gasteiger partial charge in [-0.25, -0.2) is 4.79 Å². The second-order valence-electron chi connectivity index (χ2n) is 9.72. The Labute approximate surface area is 201 Å². The summed E-state index contributed by atoms with van der Waals surface area (Å²) in [4.78, 5) is 37.6. The molecular weight excluding hydrogens is 448 g/mol. The van der Waals surface area contributed by atoms with Gasteiger partial charge in [0.1, 0.15) is 6.10 Å². The van der Waals surface area contributed by atoms with Crippen LogP contribution in [-0.4, -0.2) is 25.2 Å². The summed E-state index contributed by atoms with van der Waals surface area (Å²) in [5.41, 5.74) is 2.85. The Balaban J connectivity index is 1.98. The van der Waals surface area contributed by atoms with Crippen molar-refractivity contribution in [3.63, 3.8) is 0 Å². The maximum Gasteiger partial charge on any atom is 0.331 e. The van der Waals surface area contributed by atoms with Gasteiger partial charge in [-0.3, -0.25) is 24.0 Å². The number of benzene rings is 2. The molecule has 9 nitrogen and oxygen atoms in total. The van der Waals surface area contributed by atoms with Crippen LogP contribution in [0.4, 0.5) is 5.69 Å². The summed E-state index contributed by atoms with van der Waals surface area (Å²) in [7, 11) is 3.11. The van der Waals surface area contributed by atoms with Crippen molar-refractivity contribution in [2.24, 2.45) is 14.1 Å². The number of aryl methyl sites for hydroxylation is 2. The topological polar surface area (TPSA) is 101 Å². The second-order valence-corrected chi connectivity index (χ2v) is 9.72. The predicted octanol–water partition coefficient (Wildman–Crippen LogP) is 3.78. The Morgan fingerprint density at radius 1 is 1.06 bits per heavy atom. The molecule has 5 rings (SSSR count). The van der Waals surface area contributed by atoms with Crippen molar-refractivity contribution in [2.75, 3.05) is 6.61 Å². The number of nitro groups is 1. The molecule has 0 aliphatic carbocycles. The van der Waals surface area contributed by atoms with Crippen molar-refractivity contribution in [3.8, 4) is 11.3 Å². The molecule has 4 aromatic rings. The van der Waals surface area contributed by atoms with Gasteiger partial charge in [-0.2, -0.15) is 0 Å². The van der Waals surface area contributed by atoms with Gasteiger partial charge in [-0.1, -0.05) is 42.0 Å². The minimum Gasteiger partial charge on any atom is -0.365 e. The van der Waals surface area contributed by atoms with E-state index in [1.807, 2.05) is 45.0 Å².